The van der Waals surface area contributed by atoms with E-state index in [-0.39, 0.29) is 5.92 Å². The van der Waals surface area contributed by atoms with Crippen molar-refractivity contribution in [2.24, 2.45) is 0 Å². The fourth-order valence-corrected chi connectivity index (χ4v) is 3.78. The zero-order chi connectivity index (χ0) is 13.0. The fourth-order valence-electron chi connectivity index (χ4n) is 1.77. The number of nitrogens with zero attached hydrogens (tertiary/aromatic N) is 2. The molecule has 8 heteroatoms. The van der Waals surface area contributed by atoms with Crippen LogP contribution in [0.1, 0.15) is 17.8 Å². The van der Waals surface area contributed by atoms with Crippen LogP contribution < -0.4 is 10.0 Å². The lowest BCUT2D eigenvalue weighted by molar-refractivity contribution is 0.354. The van der Waals surface area contributed by atoms with Crippen LogP contribution in [-0.4, -0.2) is 50.4 Å². The molecule has 0 radical (unpaired) electrons. The number of piperazine rings is 1. The third kappa shape index (κ3) is 3.48. The summed E-state index contributed by atoms with van der Waals surface area (Å²) >= 11 is 1.55. The van der Waals surface area contributed by atoms with Crippen LogP contribution in [0.2, 0.25) is 0 Å². The highest BCUT2D eigenvalue weighted by atomic mass is 32.2. The molecule has 0 spiro atoms. The van der Waals surface area contributed by atoms with E-state index in [1.54, 1.807) is 17.5 Å². The molecule has 6 nitrogen and oxygen atoms in total. The monoisotopic (exact) mass is 290 g/mol. The van der Waals surface area contributed by atoms with Gasteiger partial charge in [-0.3, -0.25) is 0 Å². The lowest BCUT2D eigenvalue weighted by Crippen LogP contribution is -2.50. The van der Waals surface area contributed by atoms with Gasteiger partial charge in [-0.2, -0.15) is 12.7 Å². The van der Waals surface area contributed by atoms with Crippen molar-refractivity contribution < 1.29 is 8.42 Å². The lowest BCUT2D eigenvalue weighted by atomic mass is 10.2. The van der Waals surface area contributed by atoms with Gasteiger partial charge in [-0.25, -0.2) is 9.71 Å². The number of aromatic nitrogens is 1. The molecule has 0 amide bonds. The molecule has 2 rings (SSSR count). The smallest absolute Gasteiger partial charge is 0.279 e. The van der Waals surface area contributed by atoms with Crippen LogP contribution in [0.15, 0.2) is 11.6 Å². The number of hydrogen-bond donors (Lipinski definition) is 2. The third-order valence-electron chi connectivity index (χ3n) is 2.86. The second-order valence-electron chi connectivity index (χ2n) is 4.27. The Balaban J connectivity index is 1.88. The molecule has 1 aliphatic heterocycles. The molecule has 0 bridgehead atoms. The Labute approximate surface area is 112 Å². The zero-order valence-corrected chi connectivity index (χ0v) is 11.9. The van der Waals surface area contributed by atoms with E-state index in [9.17, 15) is 8.42 Å². The molecular weight excluding hydrogens is 272 g/mol. The van der Waals surface area contributed by atoms with E-state index in [0.29, 0.717) is 32.7 Å². The standard InChI is InChI=1S/C10H18N4O2S2/c1-9(10-12-4-7-17-10)8-13-18(15,16)14-5-2-11-3-6-14/h4,7,9,11,13H,2-3,5-6,8H2,1H3. The topological polar surface area (TPSA) is 74.3 Å². The molecule has 18 heavy (non-hydrogen) atoms. The molecule has 102 valence electrons. The van der Waals surface area contributed by atoms with Crippen LogP contribution in [0.25, 0.3) is 0 Å². The fraction of sp³-hybridized carbons (Fsp3) is 0.700. The van der Waals surface area contributed by atoms with Crippen LogP contribution >= 0.6 is 11.3 Å². The second kappa shape index (κ2) is 6.07. The molecule has 0 aromatic carbocycles. The molecule has 0 aliphatic carbocycles. The third-order valence-corrected chi connectivity index (χ3v) is 5.44. The average Bonchev–Trinajstić information content (AvgIpc) is 2.91. The van der Waals surface area contributed by atoms with Crippen molar-refractivity contribution in [2.45, 2.75) is 12.8 Å². The Morgan fingerprint density at radius 2 is 2.28 bits per heavy atom. The summed E-state index contributed by atoms with van der Waals surface area (Å²) in [5, 5.41) is 5.99. The SMILES string of the molecule is CC(CNS(=O)(=O)N1CCNCC1)c1nccs1. The molecule has 1 fully saturated rings. The van der Waals surface area contributed by atoms with Gasteiger partial charge in [0, 0.05) is 50.2 Å². The van der Waals surface area contributed by atoms with Crippen molar-refractivity contribution in [3.05, 3.63) is 16.6 Å². The number of thiazole rings is 1. The van der Waals surface area contributed by atoms with Gasteiger partial charge in [0.1, 0.15) is 0 Å². The first-order valence-corrected chi connectivity index (χ1v) is 8.26. The summed E-state index contributed by atoms with van der Waals surface area (Å²) in [6.45, 7) is 4.84. The summed E-state index contributed by atoms with van der Waals surface area (Å²) in [5.41, 5.74) is 0. The molecule has 1 aromatic rings. The molecule has 1 unspecified atom stereocenters. The molecule has 1 aromatic heterocycles. The van der Waals surface area contributed by atoms with E-state index >= 15 is 0 Å². The summed E-state index contributed by atoms with van der Waals surface area (Å²) in [4.78, 5) is 4.19. The van der Waals surface area contributed by atoms with Gasteiger partial charge >= 0.3 is 0 Å². The maximum Gasteiger partial charge on any atom is 0.279 e. The lowest BCUT2D eigenvalue weighted by Gasteiger charge is -2.27. The molecule has 1 aliphatic rings. The van der Waals surface area contributed by atoms with Gasteiger partial charge in [-0.1, -0.05) is 6.92 Å². The van der Waals surface area contributed by atoms with Crippen LogP contribution in [0, 0.1) is 0 Å². The van der Waals surface area contributed by atoms with E-state index in [1.165, 1.54) is 4.31 Å². The highest BCUT2D eigenvalue weighted by Gasteiger charge is 2.24. The Kier molecular flexibility index (Phi) is 4.68. The Hall–Kier alpha value is -0.540. The highest BCUT2D eigenvalue weighted by molar-refractivity contribution is 7.87. The molecule has 1 saturated heterocycles. The van der Waals surface area contributed by atoms with Crippen LogP contribution in [0.3, 0.4) is 0 Å². The van der Waals surface area contributed by atoms with Gasteiger partial charge in [0.2, 0.25) is 0 Å². The first kappa shape index (κ1) is 13.9. The number of rotatable bonds is 5. The van der Waals surface area contributed by atoms with Gasteiger partial charge in [0.05, 0.1) is 5.01 Å². The van der Waals surface area contributed by atoms with E-state index in [1.807, 2.05) is 12.3 Å². The van der Waals surface area contributed by atoms with Crippen LogP contribution in [0.4, 0.5) is 0 Å². The molecular formula is C10H18N4O2S2. The summed E-state index contributed by atoms with van der Waals surface area (Å²) in [7, 11) is -3.35. The minimum atomic E-state index is -3.35. The maximum absolute atomic E-state index is 12.0. The Bertz CT molecular complexity index is 454. The second-order valence-corrected chi connectivity index (χ2v) is 6.96. The van der Waals surface area contributed by atoms with Crippen LogP contribution in [0.5, 0.6) is 0 Å². The minimum Gasteiger partial charge on any atom is -0.314 e. The summed E-state index contributed by atoms with van der Waals surface area (Å²) < 4.78 is 28.2. The van der Waals surface area contributed by atoms with Gasteiger partial charge in [0.25, 0.3) is 10.2 Å². The van der Waals surface area contributed by atoms with Gasteiger partial charge in [-0.05, 0) is 0 Å². The largest absolute Gasteiger partial charge is 0.314 e. The number of nitrogens with one attached hydrogen (secondary N) is 2. The van der Waals surface area contributed by atoms with Crippen molar-refractivity contribution >= 4 is 21.5 Å². The molecule has 2 N–H and O–H groups in total. The average molecular weight is 290 g/mol. The van der Waals surface area contributed by atoms with E-state index in [4.69, 9.17) is 0 Å². The van der Waals surface area contributed by atoms with Gasteiger partial charge < -0.3 is 5.32 Å². The van der Waals surface area contributed by atoms with Crippen molar-refractivity contribution in [2.75, 3.05) is 32.7 Å². The van der Waals surface area contributed by atoms with Crippen molar-refractivity contribution in [3.8, 4) is 0 Å². The van der Waals surface area contributed by atoms with E-state index in [2.05, 4.69) is 15.0 Å². The predicted octanol–water partition coefficient (Wildman–Crippen LogP) is -0.0138. The highest BCUT2D eigenvalue weighted by Crippen LogP contribution is 2.16. The first-order chi connectivity index (χ1) is 8.59. The van der Waals surface area contributed by atoms with Crippen molar-refractivity contribution in [1.29, 1.82) is 0 Å². The van der Waals surface area contributed by atoms with E-state index in [0.717, 1.165) is 5.01 Å². The quantitative estimate of drug-likeness (QED) is 0.800. The van der Waals surface area contributed by atoms with Crippen molar-refractivity contribution in [3.63, 3.8) is 0 Å². The molecule has 2 heterocycles. The summed E-state index contributed by atoms with van der Waals surface area (Å²) in [5.74, 6) is 0.0997. The normalized spacial score (nSPS) is 19.8. The predicted molar refractivity (Wildman–Crippen MR) is 71.9 cm³/mol. The minimum absolute atomic E-state index is 0.0997. The summed E-state index contributed by atoms with van der Waals surface area (Å²) in [6.07, 6.45) is 1.74. The van der Waals surface area contributed by atoms with Gasteiger partial charge in [-0.15, -0.1) is 11.3 Å². The number of hydrogen-bond acceptors (Lipinski definition) is 5. The maximum atomic E-state index is 12.0. The van der Waals surface area contributed by atoms with E-state index < -0.39 is 10.2 Å². The first-order valence-electron chi connectivity index (χ1n) is 5.94. The zero-order valence-electron chi connectivity index (χ0n) is 10.3. The molecule has 0 saturated carbocycles. The van der Waals surface area contributed by atoms with Gasteiger partial charge in [0.15, 0.2) is 0 Å². The van der Waals surface area contributed by atoms with Crippen molar-refractivity contribution in [1.82, 2.24) is 19.3 Å². The summed E-state index contributed by atoms with van der Waals surface area (Å²) in [6, 6.07) is 0. The Morgan fingerprint density at radius 3 is 2.89 bits per heavy atom. The van der Waals surface area contributed by atoms with Crippen LogP contribution in [-0.2, 0) is 10.2 Å². The Morgan fingerprint density at radius 1 is 1.56 bits per heavy atom. The molecule has 1 atom stereocenters.